The van der Waals surface area contributed by atoms with Gasteiger partial charge in [0.1, 0.15) is 0 Å². The maximum atomic E-state index is 5.48. The van der Waals surface area contributed by atoms with Gasteiger partial charge in [-0.05, 0) is 37.5 Å². The van der Waals surface area contributed by atoms with Crippen LogP contribution in [0.5, 0.6) is 0 Å². The maximum absolute atomic E-state index is 5.48. The van der Waals surface area contributed by atoms with E-state index in [9.17, 15) is 0 Å². The first-order chi connectivity index (χ1) is 12.2. The van der Waals surface area contributed by atoms with E-state index in [0.717, 1.165) is 24.6 Å². The number of benzene rings is 2. The lowest BCUT2D eigenvalue weighted by atomic mass is 10.1. The van der Waals surface area contributed by atoms with Crippen LogP contribution in [0.15, 0.2) is 54.6 Å². The van der Waals surface area contributed by atoms with E-state index in [2.05, 4.69) is 76.5 Å². The van der Waals surface area contributed by atoms with Gasteiger partial charge in [-0.2, -0.15) is 4.98 Å². The number of rotatable bonds is 4. The molecule has 0 saturated carbocycles. The highest BCUT2D eigenvalue weighted by molar-refractivity contribution is 7.71. The highest BCUT2D eigenvalue weighted by atomic mass is 32.1. The molecule has 0 unspecified atom stereocenters. The van der Waals surface area contributed by atoms with Gasteiger partial charge in [-0.3, -0.25) is 10.00 Å². The summed E-state index contributed by atoms with van der Waals surface area (Å²) in [6.45, 7) is 3.92. The first-order valence-corrected chi connectivity index (χ1v) is 9.14. The summed E-state index contributed by atoms with van der Waals surface area (Å²) in [5, 5.41) is 3.38. The zero-order valence-corrected chi connectivity index (χ0v) is 15.2. The van der Waals surface area contributed by atoms with Crippen molar-refractivity contribution in [3.05, 3.63) is 70.5 Å². The summed E-state index contributed by atoms with van der Waals surface area (Å²) in [6.07, 6.45) is 2.40. The minimum absolute atomic E-state index is 0.453. The fraction of sp³-hybridized carbons (Fsp3) is 0.300. The van der Waals surface area contributed by atoms with Crippen LogP contribution in [0.2, 0.25) is 0 Å². The van der Waals surface area contributed by atoms with Crippen LogP contribution in [0.3, 0.4) is 0 Å². The summed E-state index contributed by atoms with van der Waals surface area (Å²) >= 11 is 5.48. The fourth-order valence-corrected chi connectivity index (χ4v) is 3.72. The van der Waals surface area contributed by atoms with Crippen LogP contribution in [0.1, 0.15) is 30.0 Å². The second kappa shape index (κ2) is 6.94. The van der Waals surface area contributed by atoms with E-state index in [1.807, 2.05) is 4.68 Å². The number of aryl methyl sites for hydroxylation is 1. The predicted octanol–water partition coefficient (Wildman–Crippen LogP) is 4.71. The average molecular weight is 350 g/mol. The number of nitrogens with zero attached hydrogens (tertiary/aromatic N) is 3. The van der Waals surface area contributed by atoms with Crippen LogP contribution in [0.4, 0.5) is 0 Å². The van der Waals surface area contributed by atoms with E-state index in [1.54, 1.807) is 0 Å². The van der Waals surface area contributed by atoms with Crippen molar-refractivity contribution in [1.82, 2.24) is 19.7 Å². The molecule has 0 spiro atoms. The van der Waals surface area contributed by atoms with E-state index in [1.165, 1.54) is 24.0 Å². The van der Waals surface area contributed by atoms with Crippen molar-refractivity contribution in [3.63, 3.8) is 0 Å². The highest BCUT2D eigenvalue weighted by Gasteiger charge is 2.26. The quantitative estimate of drug-likeness (QED) is 0.692. The van der Waals surface area contributed by atoms with E-state index >= 15 is 0 Å². The molecule has 2 aromatic carbocycles. The molecule has 4 nitrogen and oxygen atoms in total. The summed E-state index contributed by atoms with van der Waals surface area (Å²) < 4.78 is 2.58. The molecule has 1 fully saturated rings. The monoisotopic (exact) mass is 350 g/mol. The number of likely N-dealkylation sites (tertiary alicyclic amines) is 1. The molecule has 0 radical (unpaired) electrons. The number of nitrogens with one attached hydrogen (secondary N) is 1. The zero-order valence-electron chi connectivity index (χ0n) is 14.4. The summed E-state index contributed by atoms with van der Waals surface area (Å²) in [5.74, 6) is 0.834. The van der Waals surface area contributed by atoms with Gasteiger partial charge in [0.15, 0.2) is 5.82 Å². The standard InChI is InChI=1S/C20H22N4S/c1-15-9-11-17(12-10-15)19-21-20(25)24(22-19)14-23-13-5-8-18(23)16-6-3-2-4-7-16/h2-4,6-7,9-12,18H,5,8,13-14H2,1H3,(H,21,22,25)/t18-/m0/s1. The Morgan fingerprint density at radius 3 is 2.64 bits per heavy atom. The van der Waals surface area contributed by atoms with Crippen LogP contribution in [-0.2, 0) is 6.67 Å². The van der Waals surface area contributed by atoms with Gasteiger partial charge in [-0.25, -0.2) is 4.68 Å². The Kier molecular flexibility index (Phi) is 4.51. The lowest BCUT2D eigenvalue weighted by molar-refractivity contribution is 0.190. The minimum atomic E-state index is 0.453. The Morgan fingerprint density at radius 2 is 1.88 bits per heavy atom. The summed E-state index contributed by atoms with van der Waals surface area (Å²) in [4.78, 5) is 7.02. The van der Waals surface area contributed by atoms with Gasteiger partial charge in [0.25, 0.3) is 0 Å². The molecule has 0 amide bonds. The number of hydrogen-bond donors (Lipinski definition) is 1. The topological polar surface area (TPSA) is 36.9 Å². The SMILES string of the molecule is Cc1ccc(-c2nc(=S)n(CN3CCC[C@H]3c3ccccc3)[nH]2)cc1. The molecule has 1 aromatic heterocycles. The van der Waals surface area contributed by atoms with Gasteiger partial charge in [0, 0.05) is 18.2 Å². The first kappa shape index (κ1) is 16.2. The molecule has 0 aliphatic carbocycles. The van der Waals surface area contributed by atoms with E-state index in [0.29, 0.717) is 10.8 Å². The normalized spacial score (nSPS) is 17.9. The summed E-state index contributed by atoms with van der Waals surface area (Å²) in [6, 6.07) is 19.5. The predicted molar refractivity (Wildman–Crippen MR) is 103 cm³/mol. The van der Waals surface area contributed by atoms with Crippen LogP contribution in [0, 0.1) is 11.7 Å². The van der Waals surface area contributed by atoms with Crippen molar-refractivity contribution >= 4 is 12.2 Å². The molecular formula is C20H22N4S. The molecule has 4 rings (SSSR count). The van der Waals surface area contributed by atoms with Crippen LogP contribution < -0.4 is 0 Å². The average Bonchev–Trinajstić information content (AvgIpc) is 3.24. The second-order valence-corrected chi connectivity index (χ2v) is 7.04. The Labute approximate surface area is 153 Å². The molecule has 1 atom stereocenters. The molecule has 128 valence electrons. The molecule has 25 heavy (non-hydrogen) atoms. The Hall–Kier alpha value is -2.24. The first-order valence-electron chi connectivity index (χ1n) is 8.73. The Bertz CT molecular complexity index is 895. The van der Waals surface area contributed by atoms with Crippen LogP contribution in [0.25, 0.3) is 11.4 Å². The third-order valence-electron chi connectivity index (χ3n) is 4.88. The van der Waals surface area contributed by atoms with E-state index < -0.39 is 0 Å². The smallest absolute Gasteiger partial charge is 0.217 e. The van der Waals surface area contributed by atoms with Crippen molar-refractivity contribution in [2.45, 2.75) is 32.5 Å². The number of aromatic amines is 1. The molecular weight excluding hydrogens is 328 g/mol. The lowest BCUT2D eigenvalue weighted by Crippen LogP contribution is -2.26. The van der Waals surface area contributed by atoms with Gasteiger partial charge in [0.05, 0.1) is 6.67 Å². The van der Waals surface area contributed by atoms with Crippen molar-refractivity contribution in [2.75, 3.05) is 6.54 Å². The van der Waals surface area contributed by atoms with Crippen LogP contribution in [-0.4, -0.2) is 26.2 Å². The summed E-state index contributed by atoms with van der Waals surface area (Å²) in [5.41, 5.74) is 3.69. The van der Waals surface area contributed by atoms with E-state index in [4.69, 9.17) is 12.2 Å². The van der Waals surface area contributed by atoms with E-state index in [-0.39, 0.29) is 0 Å². The van der Waals surface area contributed by atoms with Crippen LogP contribution >= 0.6 is 12.2 Å². The van der Waals surface area contributed by atoms with Gasteiger partial charge < -0.3 is 0 Å². The fourth-order valence-electron chi connectivity index (χ4n) is 3.52. The molecule has 2 heterocycles. The summed E-state index contributed by atoms with van der Waals surface area (Å²) in [7, 11) is 0. The van der Waals surface area contributed by atoms with Crippen molar-refractivity contribution in [2.24, 2.45) is 0 Å². The Morgan fingerprint density at radius 1 is 1.12 bits per heavy atom. The minimum Gasteiger partial charge on any atom is -0.278 e. The molecule has 1 aliphatic heterocycles. The maximum Gasteiger partial charge on any atom is 0.217 e. The molecule has 0 bridgehead atoms. The molecule has 1 N–H and O–H groups in total. The van der Waals surface area contributed by atoms with Crippen molar-refractivity contribution in [1.29, 1.82) is 0 Å². The van der Waals surface area contributed by atoms with Gasteiger partial charge >= 0.3 is 0 Å². The third-order valence-corrected chi connectivity index (χ3v) is 5.19. The largest absolute Gasteiger partial charge is 0.278 e. The third kappa shape index (κ3) is 3.43. The molecule has 3 aromatic rings. The number of H-pyrrole nitrogens is 1. The number of aromatic nitrogens is 3. The number of hydrogen-bond acceptors (Lipinski definition) is 3. The molecule has 5 heteroatoms. The lowest BCUT2D eigenvalue weighted by Gasteiger charge is -2.24. The molecule has 1 saturated heterocycles. The van der Waals surface area contributed by atoms with Crippen molar-refractivity contribution < 1.29 is 0 Å². The van der Waals surface area contributed by atoms with Gasteiger partial charge in [0.2, 0.25) is 4.77 Å². The van der Waals surface area contributed by atoms with Gasteiger partial charge in [-0.15, -0.1) is 0 Å². The highest BCUT2D eigenvalue weighted by Crippen LogP contribution is 2.32. The van der Waals surface area contributed by atoms with Crippen molar-refractivity contribution in [3.8, 4) is 11.4 Å². The second-order valence-electron chi connectivity index (χ2n) is 6.67. The zero-order chi connectivity index (χ0) is 17.2. The molecule has 1 aliphatic rings. The van der Waals surface area contributed by atoms with Gasteiger partial charge in [-0.1, -0.05) is 60.2 Å². The Balaban J connectivity index is 1.56.